The number of rotatable bonds is 10. The summed E-state index contributed by atoms with van der Waals surface area (Å²) in [7, 11) is 1.88. The normalized spacial score (nSPS) is 10.4. The zero-order valence-corrected chi connectivity index (χ0v) is 16.3. The molecule has 0 unspecified atom stereocenters. The monoisotopic (exact) mass is 382 g/mol. The number of nitrogens with zero attached hydrogens (tertiary/aromatic N) is 1. The van der Waals surface area contributed by atoms with Crippen molar-refractivity contribution in [1.82, 2.24) is 4.90 Å². The molecule has 148 valence electrons. The van der Waals surface area contributed by atoms with Crippen molar-refractivity contribution >= 4 is 17.6 Å². The van der Waals surface area contributed by atoms with E-state index in [2.05, 4.69) is 11.9 Å². The first-order valence-corrected chi connectivity index (χ1v) is 9.10. The van der Waals surface area contributed by atoms with Crippen molar-refractivity contribution in [2.45, 2.75) is 13.5 Å². The SMILES string of the molecule is C=CCOc1ccc(CN(C)CC(=O)Nc2ccc(C(=O)OCC)cc2)cc1. The summed E-state index contributed by atoms with van der Waals surface area (Å²) in [4.78, 5) is 25.8. The van der Waals surface area contributed by atoms with Crippen LogP contribution in [0.2, 0.25) is 0 Å². The van der Waals surface area contributed by atoms with E-state index in [9.17, 15) is 9.59 Å². The average molecular weight is 382 g/mol. The summed E-state index contributed by atoms with van der Waals surface area (Å²) in [6, 6.07) is 14.4. The molecule has 6 heteroatoms. The highest BCUT2D eigenvalue weighted by Gasteiger charge is 2.10. The maximum Gasteiger partial charge on any atom is 0.338 e. The van der Waals surface area contributed by atoms with E-state index >= 15 is 0 Å². The fraction of sp³-hybridized carbons (Fsp3) is 0.273. The summed E-state index contributed by atoms with van der Waals surface area (Å²) in [6.07, 6.45) is 1.70. The third kappa shape index (κ3) is 6.89. The van der Waals surface area contributed by atoms with Crippen LogP contribution in [0, 0.1) is 0 Å². The Kier molecular flexibility index (Phi) is 8.24. The lowest BCUT2D eigenvalue weighted by Gasteiger charge is -2.16. The quantitative estimate of drug-likeness (QED) is 0.503. The topological polar surface area (TPSA) is 67.9 Å². The Bertz CT molecular complexity index is 785. The van der Waals surface area contributed by atoms with E-state index in [0.717, 1.165) is 11.3 Å². The maximum absolute atomic E-state index is 12.2. The Hall–Kier alpha value is -3.12. The smallest absolute Gasteiger partial charge is 0.338 e. The lowest BCUT2D eigenvalue weighted by atomic mass is 10.2. The number of hydrogen-bond donors (Lipinski definition) is 1. The molecule has 0 saturated carbocycles. The first-order chi connectivity index (χ1) is 13.5. The maximum atomic E-state index is 12.2. The summed E-state index contributed by atoms with van der Waals surface area (Å²) in [6.45, 7) is 7.06. The zero-order valence-electron chi connectivity index (χ0n) is 16.3. The largest absolute Gasteiger partial charge is 0.490 e. The molecule has 0 aromatic heterocycles. The molecule has 0 radical (unpaired) electrons. The van der Waals surface area contributed by atoms with Gasteiger partial charge in [0.15, 0.2) is 0 Å². The summed E-state index contributed by atoms with van der Waals surface area (Å²) in [5.74, 6) is 0.286. The minimum absolute atomic E-state index is 0.127. The number of carbonyl (C=O) groups is 2. The third-order valence-electron chi connectivity index (χ3n) is 3.84. The molecule has 0 bridgehead atoms. The van der Waals surface area contributed by atoms with Crippen molar-refractivity contribution in [2.75, 3.05) is 32.1 Å². The molecule has 1 amide bonds. The number of ether oxygens (including phenoxy) is 2. The predicted octanol–water partition coefficient (Wildman–Crippen LogP) is 3.50. The van der Waals surface area contributed by atoms with Gasteiger partial charge in [-0.1, -0.05) is 24.8 Å². The number of nitrogens with one attached hydrogen (secondary N) is 1. The molecule has 2 rings (SSSR count). The van der Waals surface area contributed by atoms with Gasteiger partial charge in [-0.05, 0) is 55.9 Å². The Morgan fingerprint density at radius 2 is 1.79 bits per heavy atom. The van der Waals surface area contributed by atoms with Crippen LogP contribution in [-0.2, 0) is 16.1 Å². The second-order valence-corrected chi connectivity index (χ2v) is 6.26. The Morgan fingerprint density at radius 3 is 2.39 bits per heavy atom. The molecular formula is C22H26N2O4. The number of esters is 1. The van der Waals surface area contributed by atoms with Gasteiger partial charge in [-0.25, -0.2) is 4.79 Å². The molecule has 2 aromatic rings. The van der Waals surface area contributed by atoms with E-state index in [-0.39, 0.29) is 18.4 Å². The summed E-state index contributed by atoms with van der Waals surface area (Å²) < 4.78 is 10.4. The van der Waals surface area contributed by atoms with Crippen LogP contribution >= 0.6 is 0 Å². The summed E-state index contributed by atoms with van der Waals surface area (Å²) >= 11 is 0. The number of benzene rings is 2. The second-order valence-electron chi connectivity index (χ2n) is 6.26. The Morgan fingerprint density at radius 1 is 1.11 bits per heavy atom. The molecule has 28 heavy (non-hydrogen) atoms. The van der Waals surface area contributed by atoms with Crippen LogP contribution in [0.4, 0.5) is 5.69 Å². The highest BCUT2D eigenvalue weighted by Crippen LogP contribution is 2.14. The highest BCUT2D eigenvalue weighted by molar-refractivity contribution is 5.94. The Balaban J connectivity index is 1.81. The van der Waals surface area contributed by atoms with E-state index in [1.165, 1.54) is 0 Å². The first-order valence-electron chi connectivity index (χ1n) is 9.10. The van der Waals surface area contributed by atoms with Crippen LogP contribution in [0.25, 0.3) is 0 Å². The standard InChI is InChI=1S/C22H26N2O4/c1-4-14-28-20-12-6-17(7-13-20)15-24(3)16-21(25)23-19-10-8-18(9-11-19)22(26)27-5-2/h4,6-13H,1,5,14-16H2,2-3H3,(H,23,25). The van der Waals surface area contributed by atoms with Gasteiger partial charge in [0.05, 0.1) is 18.7 Å². The van der Waals surface area contributed by atoms with Crippen LogP contribution in [0.5, 0.6) is 5.75 Å². The average Bonchev–Trinajstić information content (AvgIpc) is 2.68. The molecule has 0 aliphatic carbocycles. The number of carbonyl (C=O) groups excluding carboxylic acids is 2. The van der Waals surface area contributed by atoms with Gasteiger partial charge in [0.25, 0.3) is 0 Å². The molecule has 2 aromatic carbocycles. The van der Waals surface area contributed by atoms with Gasteiger partial charge in [0.2, 0.25) is 5.91 Å². The fourth-order valence-electron chi connectivity index (χ4n) is 2.56. The number of likely N-dealkylation sites (N-methyl/N-ethyl adjacent to an activating group) is 1. The van der Waals surface area contributed by atoms with Gasteiger partial charge in [-0.3, -0.25) is 9.69 Å². The van der Waals surface area contributed by atoms with Gasteiger partial charge >= 0.3 is 5.97 Å². The number of amides is 1. The van der Waals surface area contributed by atoms with Crippen LogP contribution in [-0.4, -0.2) is 43.6 Å². The van der Waals surface area contributed by atoms with E-state index < -0.39 is 0 Å². The minimum atomic E-state index is -0.374. The van der Waals surface area contributed by atoms with E-state index in [1.54, 1.807) is 37.3 Å². The van der Waals surface area contributed by atoms with Gasteiger partial charge in [-0.2, -0.15) is 0 Å². The predicted molar refractivity (Wildman–Crippen MR) is 109 cm³/mol. The second kappa shape index (κ2) is 10.9. The Labute approximate surface area is 165 Å². The molecule has 0 atom stereocenters. The molecule has 0 aliphatic rings. The molecule has 6 nitrogen and oxygen atoms in total. The van der Waals surface area contributed by atoms with Crippen molar-refractivity contribution < 1.29 is 19.1 Å². The molecular weight excluding hydrogens is 356 g/mol. The molecule has 0 aliphatic heterocycles. The van der Waals surface area contributed by atoms with Crippen LogP contribution in [0.1, 0.15) is 22.8 Å². The molecule has 0 fully saturated rings. The lowest BCUT2D eigenvalue weighted by molar-refractivity contribution is -0.117. The van der Waals surface area contributed by atoms with Crippen molar-refractivity contribution in [3.05, 3.63) is 72.3 Å². The van der Waals surface area contributed by atoms with Crippen LogP contribution < -0.4 is 10.1 Å². The van der Waals surface area contributed by atoms with E-state index in [1.807, 2.05) is 36.2 Å². The van der Waals surface area contributed by atoms with Crippen LogP contribution in [0.3, 0.4) is 0 Å². The van der Waals surface area contributed by atoms with Gasteiger partial charge in [-0.15, -0.1) is 0 Å². The zero-order chi connectivity index (χ0) is 20.4. The highest BCUT2D eigenvalue weighted by atomic mass is 16.5. The molecule has 0 saturated heterocycles. The van der Waals surface area contributed by atoms with Crippen molar-refractivity contribution in [1.29, 1.82) is 0 Å². The number of hydrogen-bond acceptors (Lipinski definition) is 5. The summed E-state index contributed by atoms with van der Waals surface area (Å²) in [5, 5.41) is 2.83. The van der Waals surface area contributed by atoms with Crippen molar-refractivity contribution in [3.63, 3.8) is 0 Å². The van der Waals surface area contributed by atoms with E-state index in [4.69, 9.17) is 9.47 Å². The fourth-order valence-corrected chi connectivity index (χ4v) is 2.56. The van der Waals surface area contributed by atoms with Gasteiger partial charge < -0.3 is 14.8 Å². The number of anilines is 1. The van der Waals surface area contributed by atoms with Gasteiger partial charge in [0.1, 0.15) is 12.4 Å². The van der Waals surface area contributed by atoms with Crippen LogP contribution in [0.15, 0.2) is 61.2 Å². The van der Waals surface area contributed by atoms with Gasteiger partial charge in [0, 0.05) is 12.2 Å². The summed E-state index contributed by atoms with van der Waals surface area (Å²) in [5.41, 5.74) is 2.17. The minimum Gasteiger partial charge on any atom is -0.490 e. The third-order valence-corrected chi connectivity index (χ3v) is 3.84. The molecule has 0 spiro atoms. The van der Waals surface area contributed by atoms with Crippen molar-refractivity contribution in [3.8, 4) is 5.75 Å². The van der Waals surface area contributed by atoms with E-state index in [0.29, 0.717) is 31.0 Å². The first kappa shape index (κ1) is 21.2. The molecule has 1 N–H and O–H groups in total. The molecule has 0 heterocycles. The lowest BCUT2D eigenvalue weighted by Crippen LogP contribution is -2.29. The van der Waals surface area contributed by atoms with Crippen molar-refractivity contribution in [2.24, 2.45) is 0 Å².